The first kappa shape index (κ1) is 7.35. The van der Waals surface area contributed by atoms with E-state index in [-0.39, 0.29) is 0 Å². The van der Waals surface area contributed by atoms with Crippen LogP contribution in [0.4, 0.5) is 0 Å². The van der Waals surface area contributed by atoms with E-state index in [4.69, 9.17) is 4.42 Å². The van der Waals surface area contributed by atoms with Crippen molar-refractivity contribution >= 4 is 31.9 Å². The van der Waals surface area contributed by atoms with Crippen molar-refractivity contribution in [1.82, 2.24) is 0 Å². The molecule has 0 radical (unpaired) electrons. The predicted molar refractivity (Wildman–Crippen MR) is 44.1 cm³/mol. The molecule has 0 unspecified atom stereocenters. The molecular formula is C6H6Br2O. The molecule has 0 bridgehead atoms. The van der Waals surface area contributed by atoms with E-state index in [1.807, 2.05) is 12.1 Å². The summed E-state index contributed by atoms with van der Waals surface area (Å²) < 4.78 is 5.40. The molecule has 0 aliphatic rings. The van der Waals surface area contributed by atoms with E-state index in [1.54, 1.807) is 6.26 Å². The van der Waals surface area contributed by atoms with Crippen LogP contribution in [0.1, 0.15) is 5.76 Å². The maximum absolute atomic E-state index is 5.08. The van der Waals surface area contributed by atoms with Crippen molar-refractivity contribution in [2.75, 3.05) is 0 Å². The number of alkyl halides is 2. The Balaban J connectivity index is 2.48. The molecule has 3 heteroatoms. The summed E-state index contributed by atoms with van der Waals surface area (Å²) in [4.78, 5) is 0. The van der Waals surface area contributed by atoms with E-state index in [0.717, 1.165) is 12.2 Å². The van der Waals surface area contributed by atoms with Crippen LogP contribution in [0.15, 0.2) is 22.8 Å². The third kappa shape index (κ3) is 2.54. The molecule has 1 aromatic heterocycles. The molecule has 0 saturated heterocycles. The summed E-state index contributed by atoms with van der Waals surface area (Å²) in [6, 6.07) is 3.84. The van der Waals surface area contributed by atoms with Gasteiger partial charge in [-0.05, 0) is 12.1 Å². The predicted octanol–water partition coefficient (Wildman–Crippen LogP) is 2.94. The summed E-state index contributed by atoms with van der Waals surface area (Å²) in [6.45, 7) is 0. The molecule has 0 amide bonds. The van der Waals surface area contributed by atoms with Crippen molar-refractivity contribution in [2.24, 2.45) is 0 Å². The Hall–Kier alpha value is 0.240. The van der Waals surface area contributed by atoms with Crippen molar-refractivity contribution in [3.63, 3.8) is 0 Å². The van der Waals surface area contributed by atoms with E-state index in [9.17, 15) is 0 Å². The lowest BCUT2D eigenvalue weighted by atomic mass is 10.4. The molecule has 0 aliphatic carbocycles. The summed E-state index contributed by atoms with van der Waals surface area (Å²) in [7, 11) is 0. The first-order valence-corrected chi connectivity index (χ1v) is 4.42. The van der Waals surface area contributed by atoms with Gasteiger partial charge in [0.15, 0.2) is 0 Å². The van der Waals surface area contributed by atoms with E-state index in [1.165, 1.54) is 0 Å². The second-order valence-electron chi connectivity index (χ2n) is 1.67. The van der Waals surface area contributed by atoms with Crippen LogP contribution in [0, 0.1) is 0 Å². The highest BCUT2D eigenvalue weighted by molar-refractivity contribution is 9.24. The Bertz CT molecular complexity index is 158. The number of hydrogen-bond acceptors (Lipinski definition) is 1. The Morgan fingerprint density at radius 3 is 2.78 bits per heavy atom. The van der Waals surface area contributed by atoms with Gasteiger partial charge in [-0.15, -0.1) is 0 Å². The molecule has 1 rings (SSSR count). The third-order valence-corrected chi connectivity index (χ3v) is 1.58. The average Bonchev–Trinajstić information content (AvgIpc) is 2.15. The zero-order chi connectivity index (χ0) is 6.69. The maximum Gasteiger partial charge on any atom is 0.105 e. The zero-order valence-corrected chi connectivity index (χ0v) is 7.85. The Labute approximate surface area is 70.7 Å². The second kappa shape index (κ2) is 3.42. The average molecular weight is 254 g/mol. The monoisotopic (exact) mass is 252 g/mol. The van der Waals surface area contributed by atoms with Crippen molar-refractivity contribution in [3.05, 3.63) is 24.2 Å². The summed E-state index contributed by atoms with van der Waals surface area (Å²) in [5.41, 5.74) is 0. The second-order valence-corrected chi connectivity index (χ2v) is 5.11. The van der Waals surface area contributed by atoms with E-state index >= 15 is 0 Å². The van der Waals surface area contributed by atoms with Crippen molar-refractivity contribution in [2.45, 2.75) is 10.2 Å². The van der Waals surface area contributed by atoms with Gasteiger partial charge in [-0.1, -0.05) is 31.9 Å². The lowest BCUT2D eigenvalue weighted by Crippen LogP contribution is -1.88. The zero-order valence-electron chi connectivity index (χ0n) is 4.68. The van der Waals surface area contributed by atoms with E-state index in [2.05, 4.69) is 31.9 Å². The van der Waals surface area contributed by atoms with Gasteiger partial charge in [0.1, 0.15) is 5.76 Å². The molecule has 0 atom stereocenters. The van der Waals surface area contributed by atoms with Gasteiger partial charge in [0, 0.05) is 6.42 Å². The lowest BCUT2D eigenvalue weighted by molar-refractivity contribution is 0.516. The van der Waals surface area contributed by atoms with Gasteiger partial charge in [0.2, 0.25) is 0 Å². The number of furan rings is 1. The molecule has 0 aliphatic heterocycles. The minimum atomic E-state index is 0.316. The SMILES string of the molecule is BrC(Br)Cc1ccco1. The Morgan fingerprint density at radius 2 is 2.33 bits per heavy atom. The van der Waals surface area contributed by atoms with Crippen LogP contribution in [0.2, 0.25) is 0 Å². The summed E-state index contributed by atoms with van der Waals surface area (Å²) >= 11 is 6.70. The number of hydrogen-bond donors (Lipinski definition) is 0. The Kier molecular flexibility index (Phi) is 2.79. The minimum Gasteiger partial charge on any atom is -0.469 e. The molecule has 1 nitrogen and oxygen atoms in total. The standard InChI is InChI=1S/C6H6Br2O/c7-6(8)4-5-2-1-3-9-5/h1-3,6H,4H2. The van der Waals surface area contributed by atoms with Crippen molar-refractivity contribution in [1.29, 1.82) is 0 Å². The highest BCUT2D eigenvalue weighted by Gasteiger charge is 2.00. The molecule has 9 heavy (non-hydrogen) atoms. The van der Waals surface area contributed by atoms with Crippen molar-refractivity contribution in [3.8, 4) is 0 Å². The molecule has 0 spiro atoms. The molecule has 0 fully saturated rings. The summed E-state index contributed by atoms with van der Waals surface area (Å²) in [5, 5.41) is 0. The van der Waals surface area contributed by atoms with E-state index in [0.29, 0.717) is 3.74 Å². The number of rotatable bonds is 2. The van der Waals surface area contributed by atoms with Gasteiger partial charge < -0.3 is 4.42 Å². The van der Waals surface area contributed by atoms with Gasteiger partial charge >= 0.3 is 0 Å². The molecule has 1 aromatic rings. The van der Waals surface area contributed by atoms with Crippen LogP contribution in [0.3, 0.4) is 0 Å². The minimum absolute atomic E-state index is 0.316. The molecule has 50 valence electrons. The fraction of sp³-hybridized carbons (Fsp3) is 0.333. The van der Waals surface area contributed by atoms with Crippen LogP contribution in [-0.2, 0) is 6.42 Å². The molecule has 0 saturated carbocycles. The normalized spacial score (nSPS) is 10.6. The molecular weight excluding hydrogens is 248 g/mol. The van der Waals surface area contributed by atoms with Crippen LogP contribution in [0.5, 0.6) is 0 Å². The molecule has 0 N–H and O–H groups in total. The largest absolute Gasteiger partial charge is 0.469 e. The van der Waals surface area contributed by atoms with Gasteiger partial charge in [0.05, 0.1) is 10.00 Å². The first-order chi connectivity index (χ1) is 4.29. The summed E-state index contributed by atoms with van der Waals surface area (Å²) in [6.07, 6.45) is 2.56. The molecule has 0 aromatic carbocycles. The first-order valence-electron chi connectivity index (χ1n) is 2.59. The summed E-state index contributed by atoms with van der Waals surface area (Å²) in [5.74, 6) is 0.994. The van der Waals surface area contributed by atoms with Crippen LogP contribution in [-0.4, -0.2) is 3.74 Å². The quantitative estimate of drug-likeness (QED) is 0.739. The van der Waals surface area contributed by atoms with Crippen LogP contribution < -0.4 is 0 Å². The van der Waals surface area contributed by atoms with Gasteiger partial charge in [-0.25, -0.2) is 0 Å². The third-order valence-electron chi connectivity index (χ3n) is 0.936. The van der Waals surface area contributed by atoms with Gasteiger partial charge in [-0.2, -0.15) is 0 Å². The maximum atomic E-state index is 5.08. The van der Waals surface area contributed by atoms with Crippen molar-refractivity contribution < 1.29 is 4.42 Å². The highest BCUT2D eigenvalue weighted by atomic mass is 79.9. The topological polar surface area (TPSA) is 13.1 Å². The van der Waals surface area contributed by atoms with E-state index < -0.39 is 0 Å². The van der Waals surface area contributed by atoms with Crippen LogP contribution >= 0.6 is 31.9 Å². The van der Waals surface area contributed by atoms with Gasteiger partial charge in [0.25, 0.3) is 0 Å². The smallest absolute Gasteiger partial charge is 0.105 e. The Morgan fingerprint density at radius 1 is 1.56 bits per heavy atom. The fourth-order valence-electron chi connectivity index (χ4n) is 0.581. The lowest BCUT2D eigenvalue weighted by Gasteiger charge is -1.94. The van der Waals surface area contributed by atoms with Crippen LogP contribution in [0.25, 0.3) is 0 Å². The fourth-order valence-corrected chi connectivity index (χ4v) is 1.22. The molecule has 1 heterocycles. The number of halogens is 2. The van der Waals surface area contributed by atoms with Gasteiger partial charge in [-0.3, -0.25) is 0 Å². The highest BCUT2D eigenvalue weighted by Crippen LogP contribution is 2.15.